The Balaban J connectivity index is 1.08. The Hall–Kier alpha value is -1.36. The predicted molar refractivity (Wildman–Crippen MR) is 126 cm³/mol. The van der Waals surface area contributed by atoms with Crippen molar-refractivity contribution >= 4 is 17.5 Å². The van der Waals surface area contributed by atoms with Crippen LogP contribution in [0.15, 0.2) is 30.9 Å². The van der Waals surface area contributed by atoms with E-state index < -0.39 is 0 Å². The Kier molecular flexibility index (Phi) is 5.39. The summed E-state index contributed by atoms with van der Waals surface area (Å²) in [5.41, 5.74) is 2.06. The van der Waals surface area contributed by atoms with Gasteiger partial charge in [-0.1, -0.05) is 29.8 Å². The first-order valence-electron chi connectivity index (χ1n) is 12.6. The molecule has 1 amide bonds. The second kappa shape index (κ2) is 8.14. The third-order valence-electron chi connectivity index (χ3n) is 9.18. The third kappa shape index (κ3) is 3.54. The Bertz CT molecular complexity index is 879. The molecule has 0 aromatic heterocycles. The van der Waals surface area contributed by atoms with Crippen LogP contribution >= 0.6 is 11.6 Å². The Morgan fingerprint density at radius 2 is 1.84 bits per heavy atom. The molecule has 0 radical (unpaired) electrons. The Morgan fingerprint density at radius 3 is 2.50 bits per heavy atom. The molecule has 1 atom stereocenters. The van der Waals surface area contributed by atoms with Crippen LogP contribution in [0, 0.1) is 23.7 Å². The summed E-state index contributed by atoms with van der Waals surface area (Å²) in [7, 11) is 0. The van der Waals surface area contributed by atoms with E-state index in [2.05, 4.69) is 22.9 Å². The van der Waals surface area contributed by atoms with Gasteiger partial charge < -0.3 is 10.1 Å². The van der Waals surface area contributed by atoms with Crippen molar-refractivity contribution in [3.63, 3.8) is 0 Å². The topological polar surface area (TPSA) is 41.6 Å². The van der Waals surface area contributed by atoms with E-state index in [1.807, 2.05) is 18.2 Å². The van der Waals surface area contributed by atoms with Gasteiger partial charge in [-0.05, 0) is 86.7 Å². The smallest absolute Gasteiger partial charge is 0.234 e. The number of hydrogen-bond acceptors (Lipinski definition) is 3. The first kappa shape index (κ1) is 21.2. The molecule has 7 rings (SSSR count). The van der Waals surface area contributed by atoms with Gasteiger partial charge in [-0.2, -0.15) is 0 Å². The van der Waals surface area contributed by atoms with Crippen molar-refractivity contribution in [2.45, 2.75) is 69.1 Å². The van der Waals surface area contributed by atoms with E-state index in [-0.39, 0.29) is 17.6 Å². The van der Waals surface area contributed by atoms with Crippen molar-refractivity contribution in [1.29, 1.82) is 0 Å². The Labute approximate surface area is 196 Å². The zero-order valence-corrected chi connectivity index (χ0v) is 19.7. The van der Waals surface area contributed by atoms with Crippen molar-refractivity contribution in [3.8, 4) is 0 Å². The summed E-state index contributed by atoms with van der Waals surface area (Å²) in [6, 6.07) is 6.57. The average Bonchev–Trinajstić information content (AvgIpc) is 3.07. The molecule has 1 aromatic rings. The summed E-state index contributed by atoms with van der Waals surface area (Å²) in [5.74, 6) is 3.55. The van der Waals surface area contributed by atoms with Crippen LogP contribution in [0.4, 0.5) is 0 Å². The summed E-state index contributed by atoms with van der Waals surface area (Å²) >= 11 is 6.66. The maximum absolute atomic E-state index is 13.0. The number of benzene rings is 1. The second-order valence-electron chi connectivity index (χ2n) is 11.1. The maximum atomic E-state index is 13.0. The lowest BCUT2D eigenvalue weighted by atomic mass is 9.54. The number of likely N-dealkylation sites (tertiary alicyclic amines) is 1. The van der Waals surface area contributed by atoms with Crippen LogP contribution in [0.2, 0.25) is 5.02 Å². The van der Waals surface area contributed by atoms with Crippen LogP contribution in [-0.4, -0.2) is 36.5 Å². The molecule has 2 heterocycles. The molecule has 172 valence electrons. The number of carbonyl (C=O) groups is 1. The van der Waals surface area contributed by atoms with Gasteiger partial charge in [-0.25, -0.2) is 0 Å². The molecule has 5 heteroatoms. The van der Waals surface area contributed by atoms with E-state index in [1.165, 1.54) is 43.2 Å². The molecule has 32 heavy (non-hydrogen) atoms. The highest BCUT2D eigenvalue weighted by molar-refractivity contribution is 6.31. The normalized spacial score (nSPS) is 36.9. The van der Waals surface area contributed by atoms with Crippen molar-refractivity contribution in [3.05, 3.63) is 47.0 Å². The van der Waals surface area contributed by atoms with Gasteiger partial charge in [0.25, 0.3) is 0 Å². The largest absolute Gasteiger partial charge is 0.362 e. The minimum atomic E-state index is -0.324. The molecule has 1 saturated heterocycles. The molecule has 1 spiro atoms. The molecule has 2 aliphatic heterocycles. The fourth-order valence-corrected chi connectivity index (χ4v) is 8.40. The minimum Gasteiger partial charge on any atom is -0.362 e. The summed E-state index contributed by atoms with van der Waals surface area (Å²) in [4.78, 5) is 15.3. The average molecular weight is 455 g/mol. The van der Waals surface area contributed by atoms with Crippen LogP contribution in [-0.2, 0) is 15.1 Å². The van der Waals surface area contributed by atoms with Crippen LogP contribution in [0.25, 0.3) is 0 Å². The summed E-state index contributed by atoms with van der Waals surface area (Å²) in [5, 5.41) is 4.28. The van der Waals surface area contributed by atoms with Gasteiger partial charge in [-0.3, -0.25) is 9.69 Å². The van der Waals surface area contributed by atoms with Gasteiger partial charge in [0.15, 0.2) is 0 Å². The van der Waals surface area contributed by atoms with Gasteiger partial charge in [-0.15, -0.1) is 6.58 Å². The lowest BCUT2D eigenvalue weighted by Gasteiger charge is -2.54. The molecule has 5 fully saturated rings. The molecule has 4 aliphatic carbocycles. The van der Waals surface area contributed by atoms with Gasteiger partial charge >= 0.3 is 0 Å². The Morgan fingerprint density at radius 1 is 1.16 bits per heavy atom. The third-order valence-corrected chi connectivity index (χ3v) is 9.50. The number of rotatable bonds is 5. The number of fused-ring (bicyclic) bond motifs is 2. The second-order valence-corrected chi connectivity index (χ2v) is 11.5. The lowest BCUT2D eigenvalue weighted by Crippen LogP contribution is -2.57. The number of piperidine rings is 1. The molecular weight excluding hydrogens is 420 g/mol. The molecule has 4 bridgehead atoms. The van der Waals surface area contributed by atoms with Crippen molar-refractivity contribution in [2.24, 2.45) is 23.7 Å². The zero-order chi connectivity index (χ0) is 21.9. The van der Waals surface area contributed by atoms with Crippen molar-refractivity contribution in [2.75, 3.05) is 19.6 Å². The van der Waals surface area contributed by atoms with E-state index in [4.69, 9.17) is 16.3 Å². The van der Waals surface area contributed by atoms with Gasteiger partial charge in [0.2, 0.25) is 5.91 Å². The van der Waals surface area contributed by atoms with Crippen LogP contribution in [0.3, 0.4) is 0 Å². The summed E-state index contributed by atoms with van der Waals surface area (Å²) < 4.78 is 6.64. The fraction of sp³-hybridized carbons (Fsp3) is 0.667. The van der Waals surface area contributed by atoms with E-state index in [0.717, 1.165) is 61.0 Å². The van der Waals surface area contributed by atoms with E-state index >= 15 is 0 Å². The number of halogens is 1. The number of nitrogens with one attached hydrogen (secondary N) is 1. The van der Waals surface area contributed by atoms with Crippen molar-refractivity contribution < 1.29 is 9.53 Å². The highest BCUT2D eigenvalue weighted by atomic mass is 35.5. The molecule has 1 N–H and O–H groups in total. The minimum absolute atomic E-state index is 0.0352. The number of carbonyl (C=O) groups excluding carboxylic acids is 1. The quantitative estimate of drug-likeness (QED) is 0.620. The monoisotopic (exact) mass is 454 g/mol. The van der Waals surface area contributed by atoms with Gasteiger partial charge in [0, 0.05) is 29.7 Å². The standard InChI is InChI=1S/C27H35ClN2O2/c1-2-4-23-21-5-3-6-22(28)25(21)27(32-23)7-9-30(10-8-27)16-24(31)29-26-19-12-17-11-18(14-19)15-20(26)13-17/h2-3,5-6,17-20,23,26H,1,4,7-16H2,(H,29,31). The van der Waals surface area contributed by atoms with Gasteiger partial charge in [0.05, 0.1) is 18.2 Å². The highest BCUT2D eigenvalue weighted by Crippen LogP contribution is 2.54. The molecule has 4 nitrogen and oxygen atoms in total. The van der Waals surface area contributed by atoms with Gasteiger partial charge in [0.1, 0.15) is 0 Å². The molecule has 1 aromatic carbocycles. The number of hydrogen-bond donors (Lipinski definition) is 1. The predicted octanol–water partition coefficient (Wildman–Crippen LogP) is 5.22. The maximum Gasteiger partial charge on any atom is 0.234 e. The number of amides is 1. The first-order valence-corrected chi connectivity index (χ1v) is 13.0. The molecule has 6 aliphatic rings. The van der Waals surface area contributed by atoms with Crippen LogP contribution < -0.4 is 5.32 Å². The summed E-state index contributed by atoms with van der Waals surface area (Å²) in [6.45, 7) is 6.14. The number of ether oxygens (including phenoxy) is 1. The SMILES string of the molecule is C=CCC1OC2(CCN(CC(=O)NC3C4CC5CC(C4)CC3C5)CC2)c2c(Cl)cccc21. The fourth-order valence-electron chi connectivity index (χ4n) is 8.05. The van der Waals surface area contributed by atoms with Crippen LogP contribution in [0.5, 0.6) is 0 Å². The van der Waals surface area contributed by atoms with E-state index in [0.29, 0.717) is 12.6 Å². The molecule has 1 unspecified atom stereocenters. The van der Waals surface area contributed by atoms with Crippen LogP contribution in [0.1, 0.15) is 68.6 Å². The van der Waals surface area contributed by atoms with E-state index in [9.17, 15) is 4.79 Å². The highest BCUT2D eigenvalue weighted by Gasteiger charge is 2.50. The molecule has 4 saturated carbocycles. The first-order chi connectivity index (χ1) is 15.5. The zero-order valence-electron chi connectivity index (χ0n) is 18.9. The molecular formula is C27H35ClN2O2. The van der Waals surface area contributed by atoms with E-state index in [1.54, 1.807) is 0 Å². The number of nitrogens with zero attached hydrogens (tertiary/aromatic N) is 1. The van der Waals surface area contributed by atoms with Crippen molar-refractivity contribution in [1.82, 2.24) is 10.2 Å². The summed E-state index contributed by atoms with van der Waals surface area (Å²) in [6.07, 6.45) is 11.3. The lowest BCUT2D eigenvalue weighted by molar-refractivity contribution is -0.130.